The van der Waals surface area contributed by atoms with Crippen molar-refractivity contribution in [3.8, 4) is 5.75 Å². The number of ether oxygens (including phenoxy) is 1. The van der Waals surface area contributed by atoms with E-state index in [-0.39, 0.29) is 25.0 Å². The van der Waals surface area contributed by atoms with E-state index in [1.54, 1.807) is 12.1 Å². The molecule has 5 rings (SSSR count). The number of rotatable bonds is 6. The highest BCUT2D eigenvalue weighted by atomic mass is 16.5. The number of nitrogens with one attached hydrogen (secondary N) is 1. The molecule has 1 aromatic heterocycles. The lowest BCUT2D eigenvalue weighted by molar-refractivity contribution is -0.123. The minimum absolute atomic E-state index is 0.0618. The summed E-state index contributed by atoms with van der Waals surface area (Å²) >= 11 is 0. The number of carbonyl (C=O) groups is 2. The van der Waals surface area contributed by atoms with E-state index in [1.165, 1.54) is 4.90 Å². The minimum atomic E-state index is -0.257. The number of fused-ring (bicyclic) bond motifs is 2. The molecule has 2 heterocycles. The molecule has 0 aliphatic carbocycles. The summed E-state index contributed by atoms with van der Waals surface area (Å²) in [6, 6.07) is 23.1. The molecule has 33 heavy (non-hydrogen) atoms. The van der Waals surface area contributed by atoms with Gasteiger partial charge in [0.05, 0.1) is 16.7 Å². The van der Waals surface area contributed by atoms with Crippen LogP contribution >= 0.6 is 0 Å². The monoisotopic (exact) mass is 440 g/mol. The van der Waals surface area contributed by atoms with Gasteiger partial charge in [0.1, 0.15) is 18.1 Å². The summed E-state index contributed by atoms with van der Waals surface area (Å²) in [6.45, 7) is -0.127. The highest BCUT2D eigenvalue weighted by Crippen LogP contribution is 2.31. The Bertz CT molecular complexity index is 1330. The Balaban J connectivity index is 1.20. The molecule has 0 saturated heterocycles. The second kappa shape index (κ2) is 8.78. The van der Waals surface area contributed by atoms with Gasteiger partial charge in [0.15, 0.2) is 6.61 Å². The van der Waals surface area contributed by atoms with Gasteiger partial charge < -0.3 is 14.6 Å². The molecule has 4 aromatic rings. The van der Waals surface area contributed by atoms with E-state index in [0.29, 0.717) is 17.1 Å². The van der Waals surface area contributed by atoms with E-state index in [9.17, 15) is 9.59 Å². The van der Waals surface area contributed by atoms with Crippen molar-refractivity contribution in [3.05, 3.63) is 84.2 Å². The van der Waals surface area contributed by atoms with E-state index in [2.05, 4.69) is 16.0 Å². The molecule has 7 nitrogen and oxygen atoms in total. The number of nitrogens with zero attached hydrogens (tertiary/aromatic N) is 3. The first-order valence-corrected chi connectivity index (χ1v) is 10.9. The zero-order chi connectivity index (χ0) is 22.8. The summed E-state index contributed by atoms with van der Waals surface area (Å²) in [5.41, 5.74) is 4.61. The van der Waals surface area contributed by atoms with Crippen molar-refractivity contribution in [1.29, 1.82) is 0 Å². The quantitative estimate of drug-likeness (QED) is 0.496. The lowest BCUT2D eigenvalue weighted by atomic mass is 10.1. The minimum Gasteiger partial charge on any atom is -0.482 e. The van der Waals surface area contributed by atoms with Crippen LogP contribution < -0.4 is 15.0 Å². The van der Waals surface area contributed by atoms with E-state index in [0.717, 1.165) is 35.3 Å². The van der Waals surface area contributed by atoms with E-state index >= 15 is 0 Å². The Hall–Kier alpha value is -4.13. The van der Waals surface area contributed by atoms with Gasteiger partial charge in [-0.05, 0) is 48.4 Å². The summed E-state index contributed by atoms with van der Waals surface area (Å²) < 4.78 is 7.56. The van der Waals surface area contributed by atoms with Crippen LogP contribution in [0.2, 0.25) is 0 Å². The highest BCUT2D eigenvalue weighted by molar-refractivity contribution is 6.04. The van der Waals surface area contributed by atoms with Gasteiger partial charge in [-0.3, -0.25) is 14.5 Å². The number of imidazole rings is 1. The summed E-state index contributed by atoms with van der Waals surface area (Å²) in [5.74, 6) is 1.16. The summed E-state index contributed by atoms with van der Waals surface area (Å²) in [6.07, 6.45) is 1.68. The lowest BCUT2D eigenvalue weighted by Crippen LogP contribution is -2.43. The molecule has 1 aliphatic rings. The second-order valence-corrected chi connectivity index (χ2v) is 8.06. The van der Waals surface area contributed by atoms with Gasteiger partial charge in [-0.1, -0.05) is 36.4 Å². The van der Waals surface area contributed by atoms with Crippen molar-refractivity contribution in [2.75, 3.05) is 23.4 Å². The van der Waals surface area contributed by atoms with Crippen LogP contribution in [-0.2, 0) is 29.5 Å². The Labute approximate surface area is 191 Å². The van der Waals surface area contributed by atoms with Crippen LogP contribution in [0, 0.1) is 0 Å². The Morgan fingerprint density at radius 3 is 2.58 bits per heavy atom. The van der Waals surface area contributed by atoms with Crippen molar-refractivity contribution >= 4 is 34.2 Å². The molecule has 0 radical (unpaired) electrons. The molecular formula is C26H24N4O3. The summed E-state index contributed by atoms with van der Waals surface area (Å²) in [7, 11) is 2.04. The van der Waals surface area contributed by atoms with Gasteiger partial charge in [-0.15, -0.1) is 0 Å². The van der Waals surface area contributed by atoms with Gasteiger partial charge in [-0.25, -0.2) is 4.98 Å². The Morgan fingerprint density at radius 2 is 1.76 bits per heavy atom. The van der Waals surface area contributed by atoms with Crippen LogP contribution in [0.3, 0.4) is 0 Å². The van der Waals surface area contributed by atoms with E-state index in [4.69, 9.17) is 9.72 Å². The van der Waals surface area contributed by atoms with Gasteiger partial charge in [0.2, 0.25) is 5.91 Å². The molecular weight excluding hydrogens is 416 g/mol. The first kappa shape index (κ1) is 20.8. The van der Waals surface area contributed by atoms with Gasteiger partial charge in [0, 0.05) is 19.2 Å². The fourth-order valence-corrected chi connectivity index (χ4v) is 4.10. The zero-order valence-electron chi connectivity index (χ0n) is 18.3. The number of carbonyl (C=O) groups excluding carboxylic acids is 2. The van der Waals surface area contributed by atoms with Crippen molar-refractivity contribution in [2.45, 2.75) is 12.8 Å². The maximum absolute atomic E-state index is 12.6. The molecule has 3 aromatic carbocycles. The number of para-hydroxylation sites is 4. The van der Waals surface area contributed by atoms with Crippen LogP contribution in [0.15, 0.2) is 72.8 Å². The topological polar surface area (TPSA) is 76.5 Å². The Kier molecular flexibility index (Phi) is 5.52. The van der Waals surface area contributed by atoms with Gasteiger partial charge in [-0.2, -0.15) is 0 Å². The maximum Gasteiger partial charge on any atom is 0.265 e. The highest BCUT2D eigenvalue weighted by Gasteiger charge is 2.26. The van der Waals surface area contributed by atoms with Crippen LogP contribution in [-0.4, -0.2) is 34.5 Å². The largest absolute Gasteiger partial charge is 0.482 e. The Morgan fingerprint density at radius 1 is 1.00 bits per heavy atom. The number of aryl methyl sites for hydroxylation is 3. The molecule has 1 aliphatic heterocycles. The smallest absolute Gasteiger partial charge is 0.265 e. The molecule has 0 unspecified atom stereocenters. The number of hydrogen-bond acceptors (Lipinski definition) is 4. The first-order valence-electron chi connectivity index (χ1n) is 10.9. The van der Waals surface area contributed by atoms with Gasteiger partial charge in [0.25, 0.3) is 5.91 Å². The van der Waals surface area contributed by atoms with Crippen LogP contribution in [0.5, 0.6) is 5.75 Å². The van der Waals surface area contributed by atoms with Crippen molar-refractivity contribution in [3.63, 3.8) is 0 Å². The lowest BCUT2D eigenvalue weighted by Gasteiger charge is -2.28. The average molecular weight is 441 g/mol. The first-order chi connectivity index (χ1) is 16.1. The summed E-state index contributed by atoms with van der Waals surface area (Å²) in [4.78, 5) is 31.1. The van der Waals surface area contributed by atoms with E-state index in [1.807, 2.05) is 61.6 Å². The van der Waals surface area contributed by atoms with Crippen LogP contribution in [0.25, 0.3) is 11.0 Å². The predicted molar refractivity (Wildman–Crippen MR) is 127 cm³/mol. The van der Waals surface area contributed by atoms with E-state index < -0.39 is 0 Å². The summed E-state index contributed by atoms with van der Waals surface area (Å²) in [5, 5.41) is 2.88. The maximum atomic E-state index is 12.6. The third kappa shape index (κ3) is 4.30. The third-order valence-corrected chi connectivity index (χ3v) is 5.86. The molecule has 2 amide bonds. The number of anilines is 2. The molecule has 0 fully saturated rings. The molecule has 1 N–H and O–H groups in total. The van der Waals surface area contributed by atoms with Crippen molar-refractivity contribution in [2.24, 2.45) is 7.05 Å². The predicted octanol–water partition coefficient (Wildman–Crippen LogP) is 3.72. The van der Waals surface area contributed by atoms with Gasteiger partial charge >= 0.3 is 0 Å². The van der Waals surface area contributed by atoms with Crippen molar-refractivity contribution in [1.82, 2.24) is 9.55 Å². The number of aromatic nitrogens is 2. The second-order valence-electron chi connectivity index (χ2n) is 8.06. The molecule has 166 valence electrons. The number of benzene rings is 3. The van der Waals surface area contributed by atoms with Crippen LogP contribution in [0.4, 0.5) is 11.4 Å². The molecule has 0 atom stereocenters. The third-order valence-electron chi connectivity index (χ3n) is 5.86. The molecule has 7 heteroatoms. The van der Waals surface area contributed by atoms with Crippen LogP contribution in [0.1, 0.15) is 11.4 Å². The average Bonchev–Trinajstić information content (AvgIpc) is 3.16. The molecule has 0 saturated carbocycles. The SMILES string of the molecule is Cn1c(CCc2ccc(NC(=O)CN3C(=O)COc4ccccc43)cc2)nc2ccccc21. The zero-order valence-corrected chi connectivity index (χ0v) is 18.3. The number of hydrogen-bond donors (Lipinski definition) is 1. The fourth-order valence-electron chi connectivity index (χ4n) is 4.10. The normalized spacial score (nSPS) is 13.0. The number of amides is 2. The standard InChI is InChI=1S/C26H24N4O3/c1-29-21-7-3-2-6-20(21)28-24(29)15-12-18-10-13-19(14-11-18)27-25(31)16-30-22-8-4-5-9-23(22)33-17-26(30)32/h2-11,13-14H,12,15-17H2,1H3,(H,27,31). The van der Waals surface area contributed by atoms with Crippen molar-refractivity contribution < 1.29 is 14.3 Å². The molecule has 0 bridgehead atoms. The molecule has 0 spiro atoms. The fraction of sp³-hybridized carbons (Fsp3) is 0.192.